The molecule has 0 saturated heterocycles. The summed E-state index contributed by atoms with van der Waals surface area (Å²) in [5, 5.41) is 10.5. The van der Waals surface area contributed by atoms with E-state index in [4.69, 9.17) is 0 Å². The molecule has 1 atom stereocenters. The third-order valence-electron chi connectivity index (χ3n) is 2.49. The number of non-ortho nitro benzene ring substituents is 1. The number of nitrogens with zero attached hydrogens (tertiary/aromatic N) is 1. The third-order valence-corrected chi connectivity index (χ3v) is 3.55. The zero-order chi connectivity index (χ0) is 12.3. The van der Waals surface area contributed by atoms with Crippen molar-refractivity contribution in [2.24, 2.45) is 0 Å². The van der Waals surface area contributed by atoms with Crippen molar-refractivity contribution < 1.29 is 4.92 Å². The molecule has 0 saturated carbocycles. The van der Waals surface area contributed by atoms with E-state index in [1.165, 1.54) is 12.1 Å². The summed E-state index contributed by atoms with van der Waals surface area (Å²) in [5.74, 6) is 0. The minimum Gasteiger partial charge on any atom is -0.258 e. The van der Waals surface area contributed by atoms with E-state index in [1.807, 2.05) is 30.3 Å². The van der Waals surface area contributed by atoms with Crippen LogP contribution in [0.1, 0.15) is 16.0 Å². The van der Waals surface area contributed by atoms with Crippen molar-refractivity contribution in [3.05, 3.63) is 75.8 Å². The number of benzene rings is 2. The van der Waals surface area contributed by atoms with E-state index >= 15 is 0 Å². The van der Waals surface area contributed by atoms with Crippen LogP contribution in [0.15, 0.2) is 54.6 Å². The first-order valence-corrected chi connectivity index (χ1v) is 6.03. The van der Waals surface area contributed by atoms with Gasteiger partial charge >= 0.3 is 0 Å². The molecule has 0 aromatic heterocycles. The predicted molar refractivity (Wildman–Crippen MR) is 70.3 cm³/mol. The Morgan fingerprint density at radius 2 is 1.47 bits per heavy atom. The average Bonchev–Trinajstić information content (AvgIpc) is 2.39. The summed E-state index contributed by atoms with van der Waals surface area (Å²) in [6.07, 6.45) is 0. The fraction of sp³-hybridized carbons (Fsp3) is 0.0769. The van der Waals surface area contributed by atoms with Crippen molar-refractivity contribution in [1.29, 1.82) is 0 Å². The molecule has 0 N–H and O–H groups in total. The maximum Gasteiger partial charge on any atom is 0.269 e. The molecular weight excluding hydrogens is 282 g/mol. The molecular formula is C13H10BrNO2. The fourth-order valence-corrected chi connectivity index (χ4v) is 2.19. The topological polar surface area (TPSA) is 43.1 Å². The number of nitro groups is 1. The van der Waals surface area contributed by atoms with Gasteiger partial charge in [-0.15, -0.1) is 0 Å². The van der Waals surface area contributed by atoms with Crippen molar-refractivity contribution in [3.63, 3.8) is 0 Å². The van der Waals surface area contributed by atoms with Crippen LogP contribution in [0.5, 0.6) is 0 Å². The van der Waals surface area contributed by atoms with Gasteiger partial charge in [-0.1, -0.05) is 58.4 Å². The highest BCUT2D eigenvalue weighted by atomic mass is 79.9. The van der Waals surface area contributed by atoms with Crippen LogP contribution in [0.25, 0.3) is 0 Å². The fourth-order valence-electron chi connectivity index (χ4n) is 1.58. The summed E-state index contributed by atoms with van der Waals surface area (Å²) in [6.45, 7) is 0. The number of rotatable bonds is 3. The van der Waals surface area contributed by atoms with Gasteiger partial charge in [0.2, 0.25) is 0 Å². The van der Waals surface area contributed by atoms with Crippen LogP contribution in [-0.4, -0.2) is 4.92 Å². The SMILES string of the molecule is O=[N+]([O-])c1ccc(C(Br)c2ccccc2)cc1. The highest BCUT2D eigenvalue weighted by Crippen LogP contribution is 2.31. The van der Waals surface area contributed by atoms with Gasteiger partial charge in [0.05, 0.1) is 9.75 Å². The van der Waals surface area contributed by atoms with Crippen LogP contribution in [-0.2, 0) is 0 Å². The van der Waals surface area contributed by atoms with Gasteiger partial charge in [0.15, 0.2) is 0 Å². The van der Waals surface area contributed by atoms with E-state index in [0.717, 1.165) is 11.1 Å². The molecule has 2 aromatic carbocycles. The minimum atomic E-state index is -0.393. The van der Waals surface area contributed by atoms with Crippen molar-refractivity contribution >= 4 is 21.6 Å². The summed E-state index contributed by atoms with van der Waals surface area (Å²) in [4.78, 5) is 10.2. The Bertz CT molecular complexity index is 511. The Kier molecular flexibility index (Phi) is 3.54. The molecule has 86 valence electrons. The molecule has 0 spiro atoms. The first kappa shape index (κ1) is 11.8. The standard InChI is InChI=1S/C13H10BrNO2/c14-13(10-4-2-1-3-5-10)11-6-8-12(9-7-11)15(16)17/h1-9,13H. The van der Waals surface area contributed by atoms with E-state index in [0.29, 0.717) is 0 Å². The van der Waals surface area contributed by atoms with Crippen LogP contribution in [0.3, 0.4) is 0 Å². The summed E-state index contributed by atoms with van der Waals surface area (Å²) in [6, 6.07) is 16.5. The van der Waals surface area contributed by atoms with E-state index in [9.17, 15) is 10.1 Å². The highest BCUT2D eigenvalue weighted by Gasteiger charge is 2.11. The first-order valence-electron chi connectivity index (χ1n) is 5.12. The van der Waals surface area contributed by atoms with Crippen LogP contribution in [0.4, 0.5) is 5.69 Å². The Balaban J connectivity index is 2.26. The summed E-state index contributed by atoms with van der Waals surface area (Å²) in [7, 11) is 0. The van der Waals surface area contributed by atoms with Crippen LogP contribution < -0.4 is 0 Å². The minimum absolute atomic E-state index is 0.0597. The van der Waals surface area contributed by atoms with Crippen LogP contribution in [0, 0.1) is 10.1 Å². The smallest absolute Gasteiger partial charge is 0.258 e. The molecule has 0 heterocycles. The molecule has 3 nitrogen and oxygen atoms in total. The third kappa shape index (κ3) is 2.71. The monoisotopic (exact) mass is 291 g/mol. The van der Waals surface area contributed by atoms with Crippen molar-refractivity contribution in [2.75, 3.05) is 0 Å². The molecule has 4 heteroatoms. The second kappa shape index (κ2) is 5.10. The van der Waals surface area contributed by atoms with Gasteiger partial charge in [-0.3, -0.25) is 10.1 Å². The lowest BCUT2D eigenvalue weighted by molar-refractivity contribution is -0.384. The highest BCUT2D eigenvalue weighted by molar-refractivity contribution is 9.09. The second-order valence-corrected chi connectivity index (χ2v) is 4.54. The zero-order valence-electron chi connectivity index (χ0n) is 8.92. The quantitative estimate of drug-likeness (QED) is 0.486. The van der Waals surface area contributed by atoms with Crippen LogP contribution in [0.2, 0.25) is 0 Å². The zero-order valence-corrected chi connectivity index (χ0v) is 10.5. The van der Waals surface area contributed by atoms with Crippen LogP contribution >= 0.6 is 15.9 Å². The predicted octanol–water partition coefficient (Wildman–Crippen LogP) is 4.08. The molecule has 0 bridgehead atoms. The molecule has 0 fully saturated rings. The van der Waals surface area contributed by atoms with Gasteiger partial charge < -0.3 is 0 Å². The molecule has 0 amide bonds. The number of nitro benzene ring substituents is 1. The lowest BCUT2D eigenvalue weighted by Crippen LogP contribution is -1.93. The average molecular weight is 292 g/mol. The lowest BCUT2D eigenvalue weighted by atomic mass is 10.0. The maximum atomic E-state index is 10.5. The second-order valence-electron chi connectivity index (χ2n) is 3.62. The largest absolute Gasteiger partial charge is 0.269 e. The molecule has 2 aromatic rings. The van der Waals surface area contributed by atoms with Crippen molar-refractivity contribution in [2.45, 2.75) is 4.83 Å². The van der Waals surface area contributed by atoms with Crippen molar-refractivity contribution in [3.8, 4) is 0 Å². The Morgan fingerprint density at radius 1 is 0.941 bits per heavy atom. The van der Waals surface area contributed by atoms with Crippen molar-refractivity contribution in [1.82, 2.24) is 0 Å². The summed E-state index contributed by atoms with van der Waals surface area (Å²) in [5.41, 5.74) is 2.24. The number of hydrogen-bond acceptors (Lipinski definition) is 2. The van der Waals surface area contributed by atoms with E-state index in [2.05, 4.69) is 15.9 Å². The molecule has 2 rings (SSSR count). The molecule has 0 aliphatic heterocycles. The van der Waals surface area contributed by atoms with Gasteiger partial charge in [0, 0.05) is 12.1 Å². The summed E-state index contributed by atoms with van der Waals surface area (Å²) >= 11 is 3.59. The lowest BCUT2D eigenvalue weighted by Gasteiger charge is -2.09. The molecule has 1 unspecified atom stereocenters. The van der Waals surface area contributed by atoms with E-state index in [-0.39, 0.29) is 10.5 Å². The van der Waals surface area contributed by atoms with Gasteiger partial charge in [-0.2, -0.15) is 0 Å². The Morgan fingerprint density at radius 3 is 2.00 bits per heavy atom. The molecule has 17 heavy (non-hydrogen) atoms. The van der Waals surface area contributed by atoms with Gasteiger partial charge in [0.1, 0.15) is 0 Å². The molecule has 0 aliphatic carbocycles. The number of alkyl halides is 1. The van der Waals surface area contributed by atoms with E-state index < -0.39 is 4.92 Å². The molecule has 0 aliphatic rings. The van der Waals surface area contributed by atoms with Gasteiger partial charge in [0.25, 0.3) is 5.69 Å². The maximum absolute atomic E-state index is 10.5. The Hall–Kier alpha value is -1.68. The number of hydrogen-bond donors (Lipinski definition) is 0. The normalized spacial score (nSPS) is 12.1. The number of halogens is 1. The Labute approximate surface area is 107 Å². The molecule has 0 radical (unpaired) electrons. The summed E-state index contributed by atoms with van der Waals surface area (Å²) < 4.78 is 0. The van der Waals surface area contributed by atoms with Gasteiger partial charge in [-0.25, -0.2) is 0 Å². The first-order chi connectivity index (χ1) is 8.18. The van der Waals surface area contributed by atoms with E-state index in [1.54, 1.807) is 12.1 Å². The van der Waals surface area contributed by atoms with Gasteiger partial charge in [-0.05, 0) is 11.1 Å².